The molecule has 2 aliphatic rings. The summed E-state index contributed by atoms with van der Waals surface area (Å²) in [7, 11) is 2.01. The fourth-order valence-corrected chi connectivity index (χ4v) is 5.96. The minimum atomic E-state index is 0.116. The van der Waals surface area contributed by atoms with E-state index in [1.807, 2.05) is 30.1 Å². The SMILES string of the molecule is CC(C)N1CCN(c2cc(C(=O)Cc3ccc4ccc(-c5cnn(C)c5CN5CCOCC5)cc4c3)ccn2)CC1. The highest BCUT2D eigenvalue weighted by Crippen LogP contribution is 2.29. The highest BCUT2D eigenvalue weighted by Gasteiger charge is 2.21. The largest absolute Gasteiger partial charge is 0.379 e. The first kappa shape index (κ1) is 27.6. The van der Waals surface area contributed by atoms with Gasteiger partial charge in [-0.1, -0.05) is 30.3 Å². The molecular weight excluding hydrogens is 512 g/mol. The van der Waals surface area contributed by atoms with E-state index in [4.69, 9.17) is 4.74 Å². The molecule has 4 heterocycles. The third-order valence-electron chi connectivity index (χ3n) is 8.56. The summed E-state index contributed by atoms with van der Waals surface area (Å²) in [6.45, 7) is 12.7. The summed E-state index contributed by atoms with van der Waals surface area (Å²) in [5.74, 6) is 1.01. The number of aromatic nitrogens is 3. The molecule has 0 radical (unpaired) electrons. The number of aryl methyl sites for hydroxylation is 1. The number of ketones is 1. The van der Waals surface area contributed by atoms with Crippen molar-refractivity contribution in [2.45, 2.75) is 32.9 Å². The van der Waals surface area contributed by atoms with Gasteiger partial charge < -0.3 is 9.64 Å². The van der Waals surface area contributed by atoms with E-state index in [0.29, 0.717) is 12.5 Å². The lowest BCUT2D eigenvalue weighted by molar-refractivity contribution is 0.0332. The molecule has 0 unspecified atom stereocenters. The van der Waals surface area contributed by atoms with Crippen LogP contribution in [0.5, 0.6) is 0 Å². The number of benzene rings is 2. The third-order valence-corrected chi connectivity index (χ3v) is 8.56. The fourth-order valence-electron chi connectivity index (χ4n) is 5.96. The van der Waals surface area contributed by atoms with Crippen LogP contribution in [0.4, 0.5) is 5.82 Å². The standard InChI is InChI=1S/C33H40N6O2/c1-24(2)38-10-12-39(13-11-38)33-21-28(8-9-34-33)32(40)19-25-4-5-26-6-7-27(20-29(26)18-25)30-22-35-36(3)31(30)23-37-14-16-41-17-15-37/h4-9,18,20-22,24H,10-17,19,23H2,1-3H3. The summed E-state index contributed by atoms with van der Waals surface area (Å²) in [4.78, 5) is 25.2. The van der Waals surface area contributed by atoms with Crippen LogP contribution in [0.3, 0.4) is 0 Å². The Hall–Kier alpha value is -3.59. The van der Waals surface area contributed by atoms with E-state index in [1.54, 1.807) is 6.20 Å². The van der Waals surface area contributed by atoms with Gasteiger partial charge in [-0.2, -0.15) is 5.10 Å². The van der Waals surface area contributed by atoms with Gasteiger partial charge in [-0.25, -0.2) is 4.98 Å². The Kier molecular flexibility index (Phi) is 8.14. The van der Waals surface area contributed by atoms with Gasteiger partial charge in [0.2, 0.25) is 0 Å². The molecule has 0 aliphatic carbocycles. The number of pyridine rings is 1. The van der Waals surface area contributed by atoms with E-state index in [9.17, 15) is 4.79 Å². The summed E-state index contributed by atoms with van der Waals surface area (Å²) < 4.78 is 7.51. The molecule has 2 fully saturated rings. The number of morpholine rings is 1. The van der Waals surface area contributed by atoms with E-state index < -0.39 is 0 Å². The lowest BCUT2D eigenvalue weighted by Crippen LogP contribution is -2.49. The minimum Gasteiger partial charge on any atom is -0.379 e. The van der Waals surface area contributed by atoms with Crippen molar-refractivity contribution < 1.29 is 9.53 Å². The predicted octanol–water partition coefficient (Wildman–Crippen LogP) is 4.42. The normalized spacial score (nSPS) is 17.0. The van der Waals surface area contributed by atoms with Crippen molar-refractivity contribution in [2.24, 2.45) is 7.05 Å². The monoisotopic (exact) mass is 552 g/mol. The summed E-state index contributed by atoms with van der Waals surface area (Å²) in [6.07, 6.45) is 4.10. The van der Waals surface area contributed by atoms with Crippen LogP contribution < -0.4 is 4.90 Å². The van der Waals surface area contributed by atoms with Crippen LogP contribution in [-0.2, 0) is 24.8 Å². The molecule has 8 heteroatoms. The number of Topliss-reactive ketones (excluding diaryl/α,β-unsaturated/α-hetero) is 1. The number of carbonyl (C=O) groups excluding carboxylic acids is 1. The first-order valence-electron chi connectivity index (χ1n) is 14.8. The number of nitrogens with zero attached hydrogens (tertiary/aromatic N) is 6. The Bertz CT molecular complexity index is 1520. The smallest absolute Gasteiger partial charge is 0.167 e. The number of hydrogen-bond acceptors (Lipinski definition) is 7. The van der Waals surface area contributed by atoms with E-state index in [0.717, 1.165) is 97.9 Å². The first-order valence-corrected chi connectivity index (χ1v) is 14.8. The number of piperazine rings is 1. The summed E-state index contributed by atoms with van der Waals surface area (Å²) in [5, 5.41) is 6.88. The lowest BCUT2D eigenvalue weighted by Gasteiger charge is -2.37. The summed E-state index contributed by atoms with van der Waals surface area (Å²) >= 11 is 0. The zero-order valence-corrected chi connectivity index (χ0v) is 24.4. The van der Waals surface area contributed by atoms with Crippen LogP contribution >= 0.6 is 0 Å². The third kappa shape index (κ3) is 6.20. The molecule has 8 nitrogen and oxygen atoms in total. The second-order valence-electron chi connectivity index (χ2n) is 11.5. The molecule has 0 saturated carbocycles. The van der Waals surface area contributed by atoms with E-state index >= 15 is 0 Å². The Morgan fingerprint density at radius 3 is 2.49 bits per heavy atom. The van der Waals surface area contributed by atoms with Gasteiger partial charge >= 0.3 is 0 Å². The van der Waals surface area contributed by atoms with Crippen LogP contribution in [0.15, 0.2) is 60.9 Å². The zero-order valence-electron chi connectivity index (χ0n) is 24.4. The maximum absolute atomic E-state index is 13.4. The highest BCUT2D eigenvalue weighted by atomic mass is 16.5. The molecule has 214 valence electrons. The number of hydrogen-bond donors (Lipinski definition) is 0. The lowest BCUT2D eigenvalue weighted by atomic mass is 9.97. The van der Waals surface area contributed by atoms with E-state index in [1.165, 1.54) is 5.69 Å². The molecular formula is C33H40N6O2. The molecule has 2 aliphatic heterocycles. The molecule has 41 heavy (non-hydrogen) atoms. The Balaban J connectivity index is 1.18. The van der Waals surface area contributed by atoms with Crippen molar-refractivity contribution >= 4 is 22.4 Å². The molecule has 0 atom stereocenters. The van der Waals surface area contributed by atoms with Crippen LogP contribution in [0.1, 0.15) is 35.5 Å². The number of ether oxygens (including phenoxy) is 1. The molecule has 2 saturated heterocycles. The van der Waals surface area contributed by atoms with Gasteiger partial charge in [0.25, 0.3) is 0 Å². The fraction of sp³-hybridized carbons (Fsp3) is 0.424. The quantitative estimate of drug-likeness (QED) is 0.300. The zero-order chi connectivity index (χ0) is 28.3. The molecule has 6 rings (SSSR count). The summed E-state index contributed by atoms with van der Waals surface area (Å²) in [6, 6.07) is 17.3. The second-order valence-corrected chi connectivity index (χ2v) is 11.5. The van der Waals surface area contributed by atoms with Crippen molar-refractivity contribution in [3.8, 4) is 11.1 Å². The minimum absolute atomic E-state index is 0.116. The topological polar surface area (TPSA) is 66.7 Å². The second kappa shape index (κ2) is 12.1. The van der Waals surface area contributed by atoms with Crippen molar-refractivity contribution in [1.82, 2.24) is 24.6 Å². The van der Waals surface area contributed by atoms with Crippen molar-refractivity contribution in [2.75, 3.05) is 57.4 Å². The summed E-state index contributed by atoms with van der Waals surface area (Å²) in [5.41, 5.74) is 5.24. The number of fused-ring (bicyclic) bond motifs is 1. The Morgan fingerprint density at radius 2 is 1.71 bits per heavy atom. The van der Waals surface area contributed by atoms with E-state index in [-0.39, 0.29) is 5.78 Å². The molecule has 4 aromatic rings. The van der Waals surface area contributed by atoms with Gasteiger partial charge in [-0.05, 0) is 53.9 Å². The van der Waals surface area contributed by atoms with Crippen LogP contribution in [0.2, 0.25) is 0 Å². The van der Waals surface area contributed by atoms with Crippen LogP contribution in [0.25, 0.3) is 21.9 Å². The van der Waals surface area contributed by atoms with Crippen LogP contribution in [-0.4, -0.2) is 88.9 Å². The Morgan fingerprint density at radius 1 is 0.927 bits per heavy atom. The molecule has 0 bridgehead atoms. The Labute approximate surface area is 242 Å². The molecule has 2 aromatic carbocycles. The van der Waals surface area contributed by atoms with Gasteiger partial charge in [0.1, 0.15) is 5.82 Å². The number of anilines is 1. The van der Waals surface area contributed by atoms with Crippen molar-refractivity contribution in [3.63, 3.8) is 0 Å². The maximum Gasteiger partial charge on any atom is 0.167 e. The van der Waals surface area contributed by atoms with Gasteiger partial charge in [0.15, 0.2) is 5.78 Å². The van der Waals surface area contributed by atoms with Gasteiger partial charge in [-0.3, -0.25) is 19.3 Å². The average molecular weight is 553 g/mol. The molecule has 0 N–H and O–H groups in total. The highest BCUT2D eigenvalue weighted by molar-refractivity contribution is 5.99. The molecule has 0 amide bonds. The van der Waals surface area contributed by atoms with Crippen molar-refractivity contribution in [3.05, 3.63) is 77.7 Å². The van der Waals surface area contributed by atoms with E-state index in [2.05, 4.69) is 75.0 Å². The maximum atomic E-state index is 13.4. The van der Waals surface area contributed by atoms with Crippen molar-refractivity contribution in [1.29, 1.82) is 0 Å². The van der Waals surface area contributed by atoms with Gasteiger partial charge in [0, 0.05) is 82.6 Å². The number of carbonyl (C=O) groups is 1. The average Bonchev–Trinajstić information content (AvgIpc) is 3.36. The van der Waals surface area contributed by atoms with Gasteiger partial charge in [-0.15, -0.1) is 0 Å². The molecule has 0 spiro atoms. The van der Waals surface area contributed by atoms with Crippen LogP contribution in [0, 0.1) is 0 Å². The molecule has 2 aromatic heterocycles. The predicted molar refractivity (Wildman–Crippen MR) is 163 cm³/mol. The number of rotatable bonds is 8. The van der Waals surface area contributed by atoms with Gasteiger partial charge in [0.05, 0.1) is 25.1 Å². The first-order chi connectivity index (χ1) is 19.9.